The minimum absolute atomic E-state index is 0.311. The fourth-order valence-corrected chi connectivity index (χ4v) is 2.08. The number of fused-ring (bicyclic) bond motifs is 2. The lowest BCUT2D eigenvalue weighted by Gasteiger charge is -2.19. The zero-order chi connectivity index (χ0) is 10.5. The molecule has 3 amide bonds. The van der Waals surface area contributed by atoms with Crippen LogP contribution in [-0.2, 0) is 10.3 Å². The molecule has 1 atom stereocenters. The summed E-state index contributed by atoms with van der Waals surface area (Å²) in [7, 11) is 0. The molecule has 1 aliphatic heterocycles. The Labute approximate surface area is 86.0 Å². The molecule has 0 radical (unpaired) electrons. The molecule has 1 aliphatic carbocycles. The smallest absolute Gasteiger partial charge is 0.316 e. The SMILES string of the molecule is O=C1NC(=O)[C@@]2(C=Cc3ccccc32)N1. The van der Waals surface area contributed by atoms with Crippen LogP contribution < -0.4 is 10.6 Å². The van der Waals surface area contributed by atoms with E-state index < -0.39 is 11.6 Å². The van der Waals surface area contributed by atoms with Crippen molar-refractivity contribution in [3.63, 3.8) is 0 Å². The van der Waals surface area contributed by atoms with Crippen molar-refractivity contribution in [2.75, 3.05) is 0 Å². The molecule has 0 bridgehead atoms. The van der Waals surface area contributed by atoms with E-state index in [1.165, 1.54) is 0 Å². The number of carbonyl (C=O) groups excluding carboxylic acids is 2. The van der Waals surface area contributed by atoms with Crippen molar-refractivity contribution in [3.8, 4) is 0 Å². The zero-order valence-corrected chi connectivity index (χ0v) is 7.78. The average molecular weight is 200 g/mol. The Hall–Kier alpha value is -2.10. The van der Waals surface area contributed by atoms with Gasteiger partial charge in [-0.1, -0.05) is 30.3 Å². The topological polar surface area (TPSA) is 58.2 Å². The van der Waals surface area contributed by atoms with E-state index >= 15 is 0 Å². The molecule has 1 spiro atoms. The zero-order valence-electron chi connectivity index (χ0n) is 7.78. The van der Waals surface area contributed by atoms with Crippen molar-refractivity contribution in [2.24, 2.45) is 0 Å². The van der Waals surface area contributed by atoms with Crippen LogP contribution in [-0.4, -0.2) is 11.9 Å². The molecule has 1 heterocycles. The predicted octanol–water partition coefficient (Wildman–Crippen LogP) is 0.748. The van der Waals surface area contributed by atoms with E-state index in [0.717, 1.165) is 11.1 Å². The van der Waals surface area contributed by atoms with Gasteiger partial charge >= 0.3 is 6.03 Å². The standard InChI is InChI=1S/C11H8N2O2/c14-9-11(13-10(15)12-9)6-5-7-3-1-2-4-8(7)11/h1-6H,(H2,12,13,14,15)/t11-/m0/s1. The second kappa shape index (κ2) is 2.48. The highest BCUT2D eigenvalue weighted by Gasteiger charge is 2.48. The highest BCUT2D eigenvalue weighted by Crippen LogP contribution is 2.35. The highest BCUT2D eigenvalue weighted by atomic mass is 16.2. The van der Waals surface area contributed by atoms with Gasteiger partial charge in [-0.05, 0) is 17.2 Å². The van der Waals surface area contributed by atoms with Gasteiger partial charge in [-0.25, -0.2) is 4.79 Å². The molecule has 0 aromatic heterocycles. The van der Waals surface area contributed by atoms with Gasteiger partial charge in [0.25, 0.3) is 5.91 Å². The van der Waals surface area contributed by atoms with Crippen LogP contribution in [0.5, 0.6) is 0 Å². The van der Waals surface area contributed by atoms with Crippen molar-refractivity contribution in [2.45, 2.75) is 5.54 Å². The van der Waals surface area contributed by atoms with Gasteiger partial charge in [-0.15, -0.1) is 0 Å². The fourth-order valence-electron chi connectivity index (χ4n) is 2.08. The molecule has 2 aliphatic rings. The first-order chi connectivity index (χ1) is 7.22. The lowest BCUT2D eigenvalue weighted by Crippen LogP contribution is -2.40. The van der Waals surface area contributed by atoms with Gasteiger partial charge in [0.15, 0.2) is 5.54 Å². The molecular weight excluding hydrogens is 192 g/mol. The van der Waals surface area contributed by atoms with E-state index in [-0.39, 0.29) is 5.91 Å². The van der Waals surface area contributed by atoms with Crippen LogP contribution in [0.3, 0.4) is 0 Å². The number of hydrogen-bond donors (Lipinski definition) is 2. The Balaban J connectivity index is 2.21. The van der Waals surface area contributed by atoms with Crippen LogP contribution in [0.15, 0.2) is 30.3 Å². The number of benzene rings is 1. The first-order valence-electron chi connectivity index (χ1n) is 4.65. The summed E-state index contributed by atoms with van der Waals surface area (Å²) in [6.07, 6.45) is 3.57. The van der Waals surface area contributed by atoms with E-state index in [2.05, 4.69) is 10.6 Å². The van der Waals surface area contributed by atoms with Crippen molar-refractivity contribution in [1.82, 2.24) is 10.6 Å². The lowest BCUT2D eigenvalue weighted by molar-refractivity contribution is -0.122. The monoisotopic (exact) mass is 200 g/mol. The second-order valence-electron chi connectivity index (χ2n) is 3.64. The summed E-state index contributed by atoms with van der Waals surface area (Å²) in [5, 5.41) is 4.90. The van der Waals surface area contributed by atoms with E-state index in [1.807, 2.05) is 30.3 Å². The van der Waals surface area contributed by atoms with Gasteiger partial charge in [0.1, 0.15) is 0 Å². The molecule has 0 saturated carbocycles. The Morgan fingerprint density at radius 1 is 1.13 bits per heavy atom. The number of urea groups is 1. The number of imide groups is 1. The van der Waals surface area contributed by atoms with Crippen LogP contribution in [0.1, 0.15) is 11.1 Å². The fraction of sp³-hybridized carbons (Fsp3) is 0.0909. The highest BCUT2D eigenvalue weighted by molar-refractivity contribution is 6.10. The van der Waals surface area contributed by atoms with Crippen LogP contribution in [0.2, 0.25) is 0 Å². The first-order valence-corrected chi connectivity index (χ1v) is 4.65. The Morgan fingerprint density at radius 3 is 2.67 bits per heavy atom. The van der Waals surface area contributed by atoms with E-state index in [4.69, 9.17) is 0 Å². The lowest BCUT2D eigenvalue weighted by atomic mass is 9.92. The Kier molecular flexibility index (Phi) is 1.36. The van der Waals surface area contributed by atoms with E-state index in [1.54, 1.807) is 6.08 Å². The number of amides is 3. The van der Waals surface area contributed by atoms with Crippen molar-refractivity contribution in [1.29, 1.82) is 0 Å². The molecule has 74 valence electrons. The van der Waals surface area contributed by atoms with E-state index in [0.29, 0.717) is 0 Å². The summed E-state index contributed by atoms with van der Waals surface area (Å²) in [4.78, 5) is 22.9. The van der Waals surface area contributed by atoms with Crippen LogP contribution >= 0.6 is 0 Å². The normalized spacial score (nSPS) is 26.7. The summed E-state index contributed by atoms with van der Waals surface area (Å²) in [5.74, 6) is -0.311. The maximum absolute atomic E-state index is 11.7. The first kappa shape index (κ1) is 8.23. The number of hydrogen-bond acceptors (Lipinski definition) is 2. The van der Waals surface area contributed by atoms with Gasteiger partial charge < -0.3 is 5.32 Å². The number of nitrogens with one attached hydrogen (secondary N) is 2. The van der Waals surface area contributed by atoms with Crippen molar-refractivity contribution < 1.29 is 9.59 Å². The number of rotatable bonds is 0. The third-order valence-electron chi connectivity index (χ3n) is 2.79. The minimum Gasteiger partial charge on any atom is -0.316 e. The van der Waals surface area contributed by atoms with E-state index in [9.17, 15) is 9.59 Å². The molecule has 4 nitrogen and oxygen atoms in total. The summed E-state index contributed by atoms with van der Waals surface area (Å²) in [5.41, 5.74) is 0.816. The Bertz CT molecular complexity index is 507. The largest absolute Gasteiger partial charge is 0.322 e. The summed E-state index contributed by atoms with van der Waals surface area (Å²) in [6.45, 7) is 0. The van der Waals surface area contributed by atoms with Gasteiger partial charge in [0.2, 0.25) is 0 Å². The maximum Gasteiger partial charge on any atom is 0.322 e. The average Bonchev–Trinajstić information content (AvgIpc) is 2.72. The molecule has 4 heteroatoms. The molecule has 1 fully saturated rings. The third kappa shape index (κ3) is 0.905. The van der Waals surface area contributed by atoms with Gasteiger partial charge in [0, 0.05) is 0 Å². The number of carbonyl (C=O) groups is 2. The van der Waals surface area contributed by atoms with Gasteiger partial charge in [0.05, 0.1) is 0 Å². The second-order valence-corrected chi connectivity index (χ2v) is 3.64. The maximum atomic E-state index is 11.7. The summed E-state index contributed by atoms with van der Waals surface area (Å²) >= 11 is 0. The van der Waals surface area contributed by atoms with Crippen LogP contribution in [0.4, 0.5) is 4.79 Å². The van der Waals surface area contributed by atoms with Gasteiger partial charge in [-0.2, -0.15) is 0 Å². The molecule has 0 unspecified atom stereocenters. The quantitative estimate of drug-likeness (QED) is 0.607. The molecule has 3 rings (SSSR count). The molecule has 1 aromatic rings. The summed E-state index contributed by atoms with van der Waals surface area (Å²) < 4.78 is 0. The van der Waals surface area contributed by atoms with Crippen LogP contribution in [0, 0.1) is 0 Å². The summed E-state index contributed by atoms with van der Waals surface area (Å²) in [6, 6.07) is 7.07. The van der Waals surface area contributed by atoms with Crippen LogP contribution in [0.25, 0.3) is 6.08 Å². The molecule has 15 heavy (non-hydrogen) atoms. The van der Waals surface area contributed by atoms with Crippen molar-refractivity contribution in [3.05, 3.63) is 41.5 Å². The van der Waals surface area contributed by atoms with Crippen molar-refractivity contribution >= 4 is 18.0 Å². The molecule has 2 N–H and O–H groups in total. The Morgan fingerprint density at radius 2 is 1.93 bits per heavy atom. The molecular formula is C11H8N2O2. The molecule has 1 aromatic carbocycles. The third-order valence-corrected chi connectivity index (χ3v) is 2.79. The minimum atomic E-state index is -0.978. The van der Waals surface area contributed by atoms with Gasteiger partial charge in [-0.3, -0.25) is 10.1 Å². The predicted molar refractivity (Wildman–Crippen MR) is 53.8 cm³/mol. The molecule has 1 saturated heterocycles.